The number of aryl methyl sites for hydroxylation is 1. The molecule has 0 aromatic carbocycles. The Kier molecular flexibility index (Phi) is 5.19. The van der Waals surface area contributed by atoms with Crippen molar-refractivity contribution in [1.29, 1.82) is 0 Å². The van der Waals surface area contributed by atoms with Crippen LogP contribution in [-0.4, -0.2) is 22.6 Å². The third kappa shape index (κ3) is 4.14. The van der Waals surface area contributed by atoms with Crippen LogP contribution in [0.5, 0.6) is 5.88 Å². The van der Waals surface area contributed by atoms with E-state index < -0.39 is 0 Å². The van der Waals surface area contributed by atoms with Crippen LogP contribution in [0.3, 0.4) is 0 Å². The molecule has 0 amide bonds. The summed E-state index contributed by atoms with van der Waals surface area (Å²) in [5.74, 6) is 1.39. The molecule has 4 heteroatoms. The molecule has 0 aliphatic rings. The molecule has 2 N–H and O–H groups in total. The highest BCUT2D eigenvalue weighted by Gasteiger charge is 2.07. The predicted molar refractivity (Wildman–Crippen MR) is 64.5 cm³/mol. The molecular weight excluding hydrogens is 202 g/mol. The van der Waals surface area contributed by atoms with Gasteiger partial charge < -0.3 is 10.5 Å². The minimum Gasteiger partial charge on any atom is -0.478 e. The average Bonchev–Trinajstić information content (AvgIpc) is 2.17. The number of hydrogen-bond acceptors (Lipinski definition) is 4. The third-order valence-corrected chi connectivity index (χ3v) is 2.29. The van der Waals surface area contributed by atoms with Gasteiger partial charge in [-0.15, -0.1) is 0 Å². The zero-order valence-electron chi connectivity index (χ0n) is 10.4. The van der Waals surface area contributed by atoms with Crippen molar-refractivity contribution in [3.63, 3.8) is 0 Å². The number of rotatable bonds is 6. The highest BCUT2D eigenvalue weighted by atomic mass is 16.5. The fourth-order valence-corrected chi connectivity index (χ4v) is 1.67. The van der Waals surface area contributed by atoms with Gasteiger partial charge in [-0.2, -0.15) is 4.98 Å². The predicted octanol–water partition coefficient (Wildman–Crippen LogP) is 1.85. The van der Waals surface area contributed by atoms with E-state index in [0.29, 0.717) is 12.5 Å². The zero-order chi connectivity index (χ0) is 12.0. The first kappa shape index (κ1) is 12.9. The van der Waals surface area contributed by atoms with E-state index in [2.05, 4.69) is 16.9 Å². The van der Waals surface area contributed by atoms with Crippen LogP contribution in [0.15, 0.2) is 6.07 Å². The summed E-state index contributed by atoms with van der Waals surface area (Å²) in [6, 6.07) is 2.06. The van der Waals surface area contributed by atoms with Gasteiger partial charge in [0.2, 0.25) is 5.88 Å². The van der Waals surface area contributed by atoms with Gasteiger partial charge in [0.1, 0.15) is 5.82 Å². The van der Waals surface area contributed by atoms with Crippen molar-refractivity contribution in [3.8, 4) is 5.88 Å². The second-order valence-corrected chi connectivity index (χ2v) is 3.93. The van der Waals surface area contributed by atoms with Gasteiger partial charge >= 0.3 is 0 Å². The number of nitrogens with zero attached hydrogens (tertiary/aromatic N) is 2. The average molecular weight is 223 g/mol. The molecular formula is C12H21N3O. The van der Waals surface area contributed by atoms with E-state index in [1.165, 1.54) is 0 Å². The second kappa shape index (κ2) is 6.43. The van der Waals surface area contributed by atoms with Crippen LogP contribution in [-0.2, 0) is 6.42 Å². The Balaban J connectivity index is 2.71. The quantitative estimate of drug-likeness (QED) is 0.799. The Labute approximate surface area is 97.2 Å². The molecule has 90 valence electrons. The highest BCUT2D eigenvalue weighted by molar-refractivity contribution is 5.17. The van der Waals surface area contributed by atoms with E-state index in [4.69, 9.17) is 10.5 Å². The topological polar surface area (TPSA) is 61.0 Å². The van der Waals surface area contributed by atoms with Crippen LogP contribution < -0.4 is 10.5 Å². The summed E-state index contributed by atoms with van der Waals surface area (Å²) in [6.07, 6.45) is 2.91. The Morgan fingerprint density at radius 1 is 1.38 bits per heavy atom. The first-order valence-corrected chi connectivity index (χ1v) is 5.88. The monoisotopic (exact) mass is 223 g/mol. The Morgan fingerprint density at radius 2 is 2.12 bits per heavy atom. The lowest BCUT2D eigenvalue weighted by molar-refractivity contribution is 0.324. The van der Waals surface area contributed by atoms with E-state index in [1.807, 2.05) is 19.9 Å². The molecule has 1 atom stereocenters. The van der Waals surface area contributed by atoms with Crippen molar-refractivity contribution in [3.05, 3.63) is 17.6 Å². The molecule has 0 saturated carbocycles. The van der Waals surface area contributed by atoms with Gasteiger partial charge in [0.05, 0.1) is 6.61 Å². The molecule has 4 nitrogen and oxygen atoms in total. The lowest BCUT2D eigenvalue weighted by atomic mass is 10.1. The summed E-state index contributed by atoms with van der Waals surface area (Å²) in [6.45, 7) is 6.57. The molecule has 1 unspecified atom stereocenters. The summed E-state index contributed by atoms with van der Waals surface area (Å²) < 4.78 is 5.38. The van der Waals surface area contributed by atoms with E-state index in [9.17, 15) is 0 Å². The largest absolute Gasteiger partial charge is 0.478 e. The molecule has 0 aliphatic carbocycles. The Morgan fingerprint density at radius 3 is 2.75 bits per heavy atom. The molecule has 1 rings (SSSR count). The van der Waals surface area contributed by atoms with Gasteiger partial charge in [-0.1, -0.05) is 13.3 Å². The van der Waals surface area contributed by atoms with E-state index in [0.717, 1.165) is 30.8 Å². The molecule has 0 aliphatic heterocycles. The fourth-order valence-electron chi connectivity index (χ4n) is 1.67. The Hall–Kier alpha value is -1.16. The van der Waals surface area contributed by atoms with Gasteiger partial charge in [0.15, 0.2) is 0 Å². The highest BCUT2D eigenvalue weighted by Crippen LogP contribution is 2.11. The van der Waals surface area contributed by atoms with Crippen molar-refractivity contribution in [1.82, 2.24) is 9.97 Å². The maximum Gasteiger partial charge on any atom is 0.216 e. The van der Waals surface area contributed by atoms with Gasteiger partial charge in [-0.05, 0) is 20.3 Å². The van der Waals surface area contributed by atoms with Crippen LogP contribution in [0.1, 0.15) is 38.2 Å². The van der Waals surface area contributed by atoms with Gasteiger partial charge in [-0.25, -0.2) is 4.98 Å². The van der Waals surface area contributed by atoms with Crippen LogP contribution in [0.2, 0.25) is 0 Å². The molecule has 0 fully saturated rings. The smallest absolute Gasteiger partial charge is 0.216 e. The van der Waals surface area contributed by atoms with Crippen molar-refractivity contribution in [2.24, 2.45) is 5.73 Å². The molecule has 0 bridgehead atoms. The molecule has 16 heavy (non-hydrogen) atoms. The number of hydrogen-bond donors (Lipinski definition) is 1. The molecule has 1 aromatic rings. The lowest BCUT2D eigenvalue weighted by Crippen LogP contribution is -2.23. The van der Waals surface area contributed by atoms with Gasteiger partial charge in [0.25, 0.3) is 0 Å². The van der Waals surface area contributed by atoms with E-state index in [-0.39, 0.29) is 6.04 Å². The SMILES string of the molecule is CCCC(N)Cc1cc(OCC)nc(C)n1. The molecule has 0 spiro atoms. The van der Waals surface area contributed by atoms with Gasteiger partial charge in [0, 0.05) is 24.2 Å². The summed E-state index contributed by atoms with van der Waals surface area (Å²) in [7, 11) is 0. The second-order valence-electron chi connectivity index (χ2n) is 3.93. The van der Waals surface area contributed by atoms with Crippen molar-refractivity contribution in [2.45, 2.75) is 46.1 Å². The molecule has 0 saturated heterocycles. The number of ether oxygens (including phenoxy) is 1. The van der Waals surface area contributed by atoms with Crippen molar-refractivity contribution in [2.75, 3.05) is 6.61 Å². The van der Waals surface area contributed by atoms with Crippen LogP contribution in [0, 0.1) is 6.92 Å². The van der Waals surface area contributed by atoms with Gasteiger partial charge in [-0.3, -0.25) is 0 Å². The summed E-state index contributed by atoms with van der Waals surface area (Å²) >= 11 is 0. The maximum atomic E-state index is 5.99. The standard InChI is InChI=1S/C12H21N3O/c1-4-6-10(13)7-11-8-12(16-5-2)15-9(3)14-11/h8,10H,4-7,13H2,1-3H3. The number of nitrogens with two attached hydrogens (primary N) is 1. The molecule has 1 aromatic heterocycles. The zero-order valence-corrected chi connectivity index (χ0v) is 10.4. The maximum absolute atomic E-state index is 5.99. The van der Waals surface area contributed by atoms with Crippen molar-refractivity contribution < 1.29 is 4.74 Å². The number of aromatic nitrogens is 2. The first-order valence-electron chi connectivity index (χ1n) is 5.88. The van der Waals surface area contributed by atoms with Crippen LogP contribution >= 0.6 is 0 Å². The minimum atomic E-state index is 0.175. The van der Waals surface area contributed by atoms with Crippen LogP contribution in [0.4, 0.5) is 0 Å². The molecule has 1 heterocycles. The van der Waals surface area contributed by atoms with Crippen molar-refractivity contribution >= 4 is 0 Å². The summed E-state index contributed by atoms with van der Waals surface area (Å²) in [5.41, 5.74) is 6.96. The van der Waals surface area contributed by atoms with Crippen LogP contribution in [0.25, 0.3) is 0 Å². The fraction of sp³-hybridized carbons (Fsp3) is 0.667. The first-order chi connectivity index (χ1) is 7.65. The normalized spacial score (nSPS) is 12.5. The molecule has 0 radical (unpaired) electrons. The van der Waals surface area contributed by atoms with E-state index >= 15 is 0 Å². The summed E-state index contributed by atoms with van der Waals surface area (Å²) in [5, 5.41) is 0. The Bertz CT molecular complexity index is 328. The van der Waals surface area contributed by atoms with E-state index in [1.54, 1.807) is 0 Å². The summed E-state index contributed by atoms with van der Waals surface area (Å²) in [4.78, 5) is 8.57. The minimum absolute atomic E-state index is 0.175. The third-order valence-electron chi connectivity index (χ3n) is 2.29. The lowest BCUT2D eigenvalue weighted by Gasteiger charge is -2.11.